The maximum absolute atomic E-state index is 12.2. The summed E-state index contributed by atoms with van der Waals surface area (Å²) < 4.78 is 9.36. The number of hydrogen-bond donors (Lipinski definition) is 2. The molecule has 2 N–H and O–H groups in total. The molecular formula is C16H24N6O2. The molecule has 0 saturated carbocycles. The first-order valence-electron chi connectivity index (χ1n) is 8.24. The number of carbonyl (C=O) groups excluding carboxylic acids is 1. The number of amides is 2. The van der Waals surface area contributed by atoms with Crippen LogP contribution in [0.4, 0.5) is 4.79 Å². The molecule has 2 amide bonds. The van der Waals surface area contributed by atoms with Crippen molar-refractivity contribution < 1.29 is 9.53 Å². The summed E-state index contributed by atoms with van der Waals surface area (Å²) in [5, 5.41) is 14.3. The van der Waals surface area contributed by atoms with E-state index >= 15 is 0 Å². The first-order valence-corrected chi connectivity index (χ1v) is 8.24. The van der Waals surface area contributed by atoms with Crippen molar-refractivity contribution in [2.75, 3.05) is 13.2 Å². The number of hydrogen-bond acceptors (Lipinski definition) is 4. The van der Waals surface area contributed by atoms with E-state index in [1.165, 1.54) is 0 Å². The number of nitrogens with one attached hydrogen (secondary N) is 2. The molecule has 3 heterocycles. The summed E-state index contributed by atoms with van der Waals surface area (Å²) in [6.45, 7) is 4.09. The minimum atomic E-state index is -0.160. The monoisotopic (exact) mass is 332 g/mol. The van der Waals surface area contributed by atoms with E-state index in [2.05, 4.69) is 27.8 Å². The maximum Gasteiger partial charge on any atom is 0.315 e. The molecule has 3 rings (SSSR count). The van der Waals surface area contributed by atoms with E-state index in [0.717, 1.165) is 18.5 Å². The quantitative estimate of drug-likeness (QED) is 0.829. The van der Waals surface area contributed by atoms with Crippen LogP contribution in [-0.4, -0.2) is 44.8 Å². The van der Waals surface area contributed by atoms with Crippen LogP contribution in [0.25, 0.3) is 0 Å². The van der Waals surface area contributed by atoms with E-state index in [0.29, 0.717) is 19.1 Å². The number of aryl methyl sites for hydroxylation is 1. The van der Waals surface area contributed by atoms with Crippen molar-refractivity contribution in [2.45, 2.75) is 32.0 Å². The maximum atomic E-state index is 12.2. The number of aromatic nitrogens is 4. The van der Waals surface area contributed by atoms with E-state index in [4.69, 9.17) is 4.74 Å². The molecule has 8 heteroatoms. The van der Waals surface area contributed by atoms with Gasteiger partial charge in [0.2, 0.25) is 0 Å². The molecule has 0 radical (unpaired) electrons. The minimum absolute atomic E-state index is 0.0318. The van der Waals surface area contributed by atoms with Crippen molar-refractivity contribution in [1.29, 1.82) is 0 Å². The van der Waals surface area contributed by atoms with Gasteiger partial charge in [0.05, 0.1) is 12.2 Å². The predicted molar refractivity (Wildman–Crippen MR) is 88.2 cm³/mol. The third kappa shape index (κ3) is 4.14. The lowest BCUT2D eigenvalue weighted by Gasteiger charge is -2.20. The highest BCUT2D eigenvalue weighted by atomic mass is 16.5. The molecule has 1 aliphatic rings. The first kappa shape index (κ1) is 16.5. The number of carbonyl (C=O) groups is 1. The molecule has 0 bridgehead atoms. The number of nitrogens with zero attached hydrogens (tertiary/aromatic N) is 4. The third-order valence-corrected chi connectivity index (χ3v) is 4.13. The molecular weight excluding hydrogens is 308 g/mol. The lowest BCUT2D eigenvalue weighted by Crippen LogP contribution is -2.44. The number of urea groups is 1. The van der Waals surface area contributed by atoms with Gasteiger partial charge in [0.15, 0.2) is 0 Å². The SMILES string of the molecule is C[C@H](CNC(=O)N[C@H]1CCO[C@@H]1c1cnn(C)c1)Cn1cccn1. The van der Waals surface area contributed by atoms with E-state index in [9.17, 15) is 4.79 Å². The average molecular weight is 332 g/mol. The third-order valence-electron chi connectivity index (χ3n) is 4.13. The second-order valence-electron chi connectivity index (χ2n) is 6.32. The Balaban J connectivity index is 1.45. The predicted octanol–water partition coefficient (Wildman–Crippen LogP) is 1.08. The minimum Gasteiger partial charge on any atom is -0.371 e. The zero-order valence-electron chi connectivity index (χ0n) is 14.1. The van der Waals surface area contributed by atoms with Crippen LogP contribution in [-0.2, 0) is 18.3 Å². The van der Waals surface area contributed by atoms with Crippen LogP contribution in [0.2, 0.25) is 0 Å². The highest BCUT2D eigenvalue weighted by Crippen LogP contribution is 2.28. The van der Waals surface area contributed by atoms with Crippen molar-refractivity contribution in [3.8, 4) is 0 Å². The Morgan fingerprint density at radius 1 is 1.50 bits per heavy atom. The molecule has 1 saturated heterocycles. The fourth-order valence-corrected chi connectivity index (χ4v) is 2.93. The summed E-state index contributed by atoms with van der Waals surface area (Å²) in [6.07, 6.45) is 8.06. The molecule has 0 spiro atoms. The van der Waals surface area contributed by atoms with Crippen molar-refractivity contribution in [3.05, 3.63) is 36.4 Å². The molecule has 1 fully saturated rings. The largest absolute Gasteiger partial charge is 0.371 e. The Bertz CT molecular complexity index is 653. The van der Waals surface area contributed by atoms with Gasteiger partial charge in [0, 0.05) is 50.9 Å². The van der Waals surface area contributed by atoms with Crippen molar-refractivity contribution >= 4 is 6.03 Å². The molecule has 2 aromatic rings. The highest BCUT2D eigenvalue weighted by Gasteiger charge is 2.31. The van der Waals surface area contributed by atoms with Crippen LogP contribution in [0, 0.1) is 5.92 Å². The Morgan fingerprint density at radius 2 is 2.38 bits per heavy atom. The van der Waals surface area contributed by atoms with E-state index in [1.54, 1.807) is 17.1 Å². The number of ether oxygens (including phenoxy) is 1. The van der Waals surface area contributed by atoms with E-state index < -0.39 is 0 Å². The summed E-state index contributed by atoms with van der Waals surface area (Å²) >= 11 is 0. The summed E-state index contributed by atoms with van der Waals surface area (Å²) in [5.41, 5.74) is 0.993. The van der Waals surface area contributed by atoms with Crippen LogP contribution in [0.1, 0.15) is 25.0 Å². The molecule has 3 atom stereocenters. The molecule has 0 unspecified atom stereocenters. The van der Waals surface area contributed by atoms with Crippen molar-refractivity contribution in [1.82, 2.24) is 30.2 Å². The molecule has 2 aromatic heterocycles. The standard InChI is InChI=1S/C16H24N6O2/c1-12(10-22-6-3-5-18-22)8-17-16(23)20-14-4-7-24-15(14)13-9-19-21(2)11-13/h3,5-6,9,11-12,14-15H,4,7-8,10H2,1-2H3,(H2,17,20,23)/t12-,14+,15-/m1/s1. The van der Waals surface area contributed by atoms with Gasteiger partial charge in [-0.3, -0.25) is 9.36 Å². The van der Waals surface area contributed by atoms with Crippen molar-refractivity contribution in [2.24, 2.45) is 13.0 Å². The van der Waals surface area contributed by atoms with Crippen LogP contribution >= 0.6 is 0 Å². The topological polar surface area (TPSA) is 86.0 Å². The zero-order valence-corrected chi connectivity index (χ0v) is 14.1. The molecule has 0 aromatic carbocycles. The lowest BCUT2D eigenvalue weighted by atomic mass is 10.1. The Hall–Kier alpha value is -2.35. The van der Waals surface area contributed by atoms with Crippen LogP contribution in [0.3, 0.4) is 0 Å². The fraction of sp³-hybridized carbons (Fsp3) is 0.562. The summed E-state index contributed by atoms with van der Waals surface area (Å²) in [5.74, 6) is 0.296. The summed E-state index contributed by atoms with van der Waals surface area (Å²) in [7, 11) is 1.87. The Labute approximate surface area is 141 Å². The van der Waals surface area contributed by atoms with Crippen LogP contribution in [0.5, 0.6) is 0 Å². The van der Waals surface area contributed by atoms with Gasteiger partial charge in [0.1, 0.15) is 6.10 Å². The summed E-state index contributed by atoms with van der Waals surface area (Å²) in [4.78, 5) is 12.2. The van der Waals surface area contributed by atoms with Gasteiger partial charge in [-0.15, -0.1) is 0 Å². The molecule has 24 heavy (non-hydrogen) atoms. The number of rotatable bonds is 6. The van der Waals surface area contributed by atoms with Gasteiger partial charge in [-0.25, -0.2) is 4.79 Å². The van der Waals surface area contributed by atoms with Gasteiger partial charge in [-0.05, 0) is 18.4 Å². The summed E-state index contributed by atoms with van der Waals surface area (Å²) in [6, 6.07) is 1.70. The van der Waals surface area contributed by atoms with Gasteiger partial charge < -0.3 is 15.4 Å². The van der Waals surface area contributed by atoms with Gasteiger partial charge >= 0.3 is 6.03 Å². The van der Waals surface area contributed by atoms with Crippen LogP contribution < -0.4 is 10.6 Å². The van der Waals surface area contributed by atoms with Crippen LogP contribution in [0.15, 0.2) is 30.9 Å². The van der Waals surface area contributed by atoms with E-state index in [-0.39, 0.29) is 18.2 Å². The normalized spacial score (nSPS) is 21.6. The Kier molecular flexibility index (Phi) is 5.14. The fourth-order valence-electron chi connectivity index (χ4n) is 2.93. The van der Waals surface area contributed by atoms with E-state index in [1.807, 2.05) is 30.2 Å². The molecule has 1 aliphatic heterocycles. The highest BCUT2D eigenvalue weighted by molar-refractivity contribution is 5.74. The zero-order chi connectivity index (χ0) is 16.9. The van der Waals surface area contributed by atoms with Crippen molar-refractivity contribution in [3.63, 3.8) is 0 Å². The molecule has 0 aliphatic carbocycles. The van der Waals surface area contributed by atoms with Gasteiger partial charge in [-0.1, -0.05) is 6.92 Å². The second-order valence-corrected chi connectivity index (χ2v) is 6.32. The lowest BCUT2D eigenvalue weighted by molar-refractivity contribution is 0.0998. The smallest absolute Gasteiger partial charge is 0.315 e. The average Bonchev–Trinajstić information content (AvgIpc) is 3.27. The molecule has 8 nitrogen and oxygen atoms in total. The second kappa shape index (κ2) is 7.48. The van der Waals surface area contributed by atoms with Gasteiger partial charge in [-0.2, -0.15) is 10.2 Å². The first-order chi connectivity index (χ1) is 11.6. The van der Waals surface area contributed by atoms with Gasteiger partial charge in [0.25, 0.3) is 0 Å². The molecule has 130 valence electrons. The Morgan fingerprint density at radius 3 is 3.08 bits per heavy atom.